The zero-order valence-electron chi connectivity index (χ0n) is 22.1. The molecule has 0 aromatic heterocycles. The van der Waals surface area contributed by atoms with Crippen LogP contribution in [0.4, 0.5) is 0 Å². The van der Waals surface area contributed by atoms with Gasteiger partial charge in [-0.3, -0.25) is 14.4 Å². The Balaban J connectivity index is 1.96. The van der Waals surface area contributed by atoms with Crippen LogP contribution < -0.4 is 18.9 Å². The molecule has 1 heterocycles. The van der Waals surface area contributed by atoms with E-state index in [9.17, 15) is 24.6 Å². The molecule has 2 N–H and O–H groups in total. The second kappa shape index (κ2) is 10.8. The molecule has 3 atom stereocenters. The number of carbonyl (C=O) groups excluding carboxylic acids is 3. The average molecular weight is 561 g/mol. The van der Waals surface area contributed by atoms with Crippen molar-refractivity contribution in [3.05, 3.63) is 57.3 Å². The molecule has 0 fully saturated rings. The Morgan fingerprint density at radius 3 is 2.36 bits per heavy atom. The van der Waals surface area contributed by atoms with Crippen molar-refractivity contribution in [2.24, 2.45) is 5.92 Å². The molecule has 1 aliphatic carbocycles. The molecule has 1 spiro atoms. The third-order valence-electron chi connectivity index (χ3n) is 7.34. The number of esters is 1. The summed E-state index contributed by atoms with van der Waals surface area (Å²) in [6, 6.07) is 6.20. The number of fused-ring (bicyclic) bond motifs is 1. The number of rotatable bonds is 8. The molecule has 10 nitrogen and oxygen atoms in total. The molecule has 0 unspecified atom stereocenters. The molecular weight excluding hydrogens is 532 g/mol. The number of aliphatic hydroxyl groups excluding tert-OH is 2. The van der Waals surface area contributed by atoms with E-state index in [0.717, 1.165) is 0 Å². The van der Waals surface area contributed by atoms with Crippen LogP contribution in [0.25, 0.3) is 0 Å². The molecule has 2 aliphatic rings. The number of ketones is 2. The van der Waals surface area contributed by atoms with Gasteiger partial charge < -0.3 is 33.9 Å². The van der Waals surface area contributed by atoms with Gasteiger partial charge in [-0.2, -0.15) is 0 Å². The highest BCUT2D eigenvalue weighted by Gasteiger charge is 2.61. The molecule has 0 saturated heterocycles. The van der Waals surface area contributed by atoms with Gasteiger partial charge in [-0.15, -0.1) is 0 Å². The van der Waals surface area contributed by atoms with Crippen molar-refractivity contribution in [3.63, 3.8) is 0 Å². The Labute approximate surface area is 230 Å². The van der Waals surface area contributed by atoms with E-state index < -0.39 is 40.7 Å². The van der Waals surface area contributed by atoms with Crippen molar-refractivity contribution in [2.45, 2.75) is 37.9 Å². The van der Waals surface area contributed by atoms with Gasteiger partial charge in [-0.1, -0.05) is 24.6 Å². The summed E-state index contributed by atoms with van der Waals surface area (Å²) in [6.07, 6.45) is -0.501. The van der Waals surface area contributed by atoms with Crippen LogP contribution in [0.5, 0.6) is 23.0 Å². The highest BCUT2D eigenvalue weighted by molar-refractivity contribution is 6.35. The molecule has 0 radical (unpaired) electrons. The third-order valence-corrected chi connectivity index (χ3v) is 7.69. The molecule has 0 saturated carbocycles. The summed E-state index contributed by atoms with van der Waals surface area (Å²) >= 11 is 6.50. The summed E-state index contributed by atoms with van der Waals surface area (Å²) in [5.41, 5.74) is -1.34. The minimum Gasteiger partial charge on any atom is -0.507 e. The normalized spacial score (nSPS) is 20.9. The second-order valence-corrected chi connectivity index (χ2v) is 9.70. The van der Waals surface area contributed by atoms with Crippen LogP contribution in [0.2, 0.25) is 5.02 Å². The topological polar surface area (TPSA) is 138 Å². The van der Waals surface area contributed by atoms with Gasteiger partial charge in [0.1, 0.15) is 27.8 Å². The van der Waals surface area contributed by atoms with Crippen LogP contribution in [-0.2, 0) is 20.9 Å². The first kappa shape index (κ1) is 28.3. The maximum Gasteiger partial charge on any atom is 0.306 e. The largest absolute Gasteiger partial charge is 0.507 e. The molecule has 2 aromatic carbocycles. The maximum absolute atomic E-state index is 14.0. The quantitative estimate of drug-likeness (QED) is 0.456. The fraction of sp³-hybridized carbons (Fsp3) is 0.393. The van der Waals surface area contributed by atoms with Crippen molar-refractivity contribution in [2.75, 3.05) is 28.4 Å². The van der Waals surface area contributed by atoms with Gasteiger partial charge in [0.25, 0.3) is 0 Å². The summed E-state index contributed by atoms with van der Waals surface area (Å²) in [5.74, 6) is -3.54. The van der Waals surface area contributed by atoms with Crippen molar-refractivity contribution in [1.29, 1.82) is 0 Å². The zero-order valence-corrected chi connectivity index (χ0v) is 22.9. The number of aliphatic hydroxyl groups is 2. The van der Waals surface area contributed by atoms with Gasteiger partial charge in [-0.25, -0.2) is 0 Å². The first-order valence-corrected chi connectivity index (χ1v) is 12.5. The number of methoxy groups -OCH3 is 4. The summed E-state index contributed by atoms with van der Waals surface area (Å²) in [6.45, 7) is 1.23. The van der Waals surface area contributed by atoms with E-state index in [1.165, 1.54) is 34.5 Å². The molecule has 1 aliphatic heterocycles. The summed E-state index contributed by atoms with van der Waals surface area (Å²) in [5, 5.41) is 21.7. The Morgan fingerprint density at radius 1 is 1.10 bits per heavy atom. The fourth-order valence-corrected chi connectivity index (χ4v) is 5.58. The van der Waals surface area contributed by atoms with Crippen LogP contribution in [0.3, 0.4) is 0 Å². The molecule has 2 aromatic rings. The Morgan fingerprint density at radius 2 is 1.77 bits per heavy atom. The molecular formula is C28H29ClO10. The molecule has 208 valence electrons. The van der Waals surface area contributed by atoms with Gasteiger partial charge >= 0.3 is 5.97 Å². The minimum atomic E-state index is -2.00. The maximum atomic E-state index is 14.0. The van der Waals surface area contributed by atoms with E-state index in [1.54, 1.807) is 25.1 Å². The number of carbonyl (C=O) groups is 3. The Kier molecular flexibility index (Phi) is 7.81. The van der Waals surface area contributed by atoms with Crippen LogP contribution >= 0.6 is 11.6 Å². The fourth-order valence-electron chi connectivity index (χ4n) is 5.31. The van der Waals surface area contributed by atoms with Gasteiger partial charge in [0.05, 0.1) is 41.5 Å². The van der Waals surface area contributed by atoms with E-state index in [1.807, 2.05) is 0 Å². The smallest absolute Gasteiger partial charge is 0.306 e. The minimum absolute atomic E-state index is 0.00540. The number of hydrogen-bond donors (Lipinski definition) is 2. The highest BCUT2D eigenvalue weighted by Crippen LogP contribution is 2.55. The molecule has 0 amide bonds. The van der Waals surface area contributed by atoms with E-state index in [0.29, 0.717) is 16.9 Å². The SMILES string of the molecule is COC(=O)C[C@@H](C1=C(O)[C@@]2(Oc3c(Cl)c(OC)cc(OC)c3C2=O)[C@H](C)CC1=O)c1ccc(OC)c(CO)c1. The number of benzene rings is 2. The van der Waals surface area contributed by atoms with E-state index in [4.69, 9.17) is 35.3 Å². The summed E-state index contributed by atoms with van der Waals surface area (Å²) in [7, 11) is 5.41. The van der Waals surface area contributed by atoms with Gasteiger partial charge in [0, 0.05) is 35.5 Å². The number of allylic oxidation sites excluding steroid dienone is 1. The van der Waals surface area contributed by atoms with Gasteiger partial charge in [-0.05, 0) is 17.7 Å². The predicted octanol–water partition coefficient (Wildman–Crippen LogP) is 3.94. The Hall–Kier alpha value is -3.76. The lowest BCUT2D eigenvalue weighted by molar-refractivity contribution is -0.140. The van der Waals surface area contributed by atoms with E-state index in [2.05, 4.69) is 0 Å². The Bertz CT molecular complexity index is 1380. The van der Waals surface area contributed by atoms with Crippen LogP contribution in [0, 0.1) is 5.92 Å². The monoisotopic (exact) mass is 560 g/mol. The predicted molar refractivity (Wildman–Crippen MR) is 139 cm³/mol. The van der Waals surface area contributed by atoms with Crippen LogP contribution in [0.1, 0.15) is 47.2 Å². The summed E-state index contributed by atoms with van der Waals surface area (Å²) < 4.78 is 27.0. The molecule has 0 bridgehead atoms. The lowest BCUT2D eigenvalue weighted by Crippen LogP contribution is -2.53. The van der Waals surface area contributed by atoms with Crippen molar-refractivity contribution < 1.29 is 48.3 Å². The van der Waals surface area contributed by atoms with Gasteiger partial charge in [0.15, 0.2) is 17.3 Å². The number of ether oxygens (including phenoxy) is 5. The van der Waals surface area contributed by atoms with Crippen molar-refractivity contribution in [3.8, 4) is 23.0 Å². The standard InChI is InChI=1S/C28H29ClO10/c1-13-8-17(31)22(16(10-21(32)38-5)14-6-7-18(35-2)15(9-14)12-30)26(33)28(13)27(34)23-19(36-3)11-20(37-4)24(29)25(23)39-28/h6-7,9,11,13,16,30,33H,8,10,12H2,1-5H3/t13-,16-,28+/m1/s1. The van der Waals surface area contributed by atoms with E-state index >= 15 is 0 Å². The molecule has 11 heteroatoms. The first-order valence-electron chi connectivity index (χ1n) is 12.1. The highest BCUT2D eigenvalue weighted by atomic mass is 35.5. The van der Waals surface area contributed by atoms with Crippen molar-refractivity contribution >= 4 is 29.1 Å². The number of hydrogen-bond acceptors (Lipinski definition) is 10. The van der Waals surface area contributed by atoms with Gasteiger partial charge in [0.2, 0.25) is 11.4 Å². The molecule has 4 rings (SSSR count). The van der Waals surface area contributed by atoms with E-state index in [-0.39, 0.29) is 52.9 Å². The average Bonchev–Trinajstić information content (AvgIpc) is 3.25. The van der Waals surface area contributed by atoms with Crippen molar-refractivity contribution in [1.82, 2.24) is 0 Å². The number of halogens is 1. The lowest BCUT2D eigenvalue weighted by Gasteiger charge is -2.38. The zero-order chi connectivity index (χ0) is 28.6. The molecule has 39 heavy (non-hydrogen) atoms. The first-order chi connectivity index (χ1) is 18.6. The summed E-state index contributed by atoms with van der Waals surface area (Å²) in [4.78, 5) is 40.0. The van der Waals surface area contributed by atoms with Crippen LogP contribution in [-0.4, -0.2) is 61.8 Å². The number of Topliss-reactive ketones (excluding diaryl/α,β-unsaturated/α-hetero) is 2. The second-order valence-electron chi connectivity index (χ2n) is 9.32. The third kappa shape index (κ3) is 4.37. The lowest BCUT2D eigenvalue weighted by atomic mass is 9.69. The van der Waals surface area contributed by atoms with Crippen LogP contribution in [0.15, 0.2) is 35.6 Å².